The number of nitrogens with one attached hydrogen (secondary N) is 1. The molecular weight excluding hydrogens is 274 g/mol. The third-order valence-electron chi connectivity index (χ3n) is 2.38. The summed E-state index contributed by atoms with van der Waals surface area (Å²) >= 11 is 5.42. The number of aromatic nitrogens is 2. The van der Waals surface area contributed by atoms with E-state index in [0.717, 1.165) is 16.2 Å². The van der Waals surface area contributed by atoms with Gasteiger partial charge in [0.25, 0.3) is 0 Å². The van der Waals surface area contributed by atoms with Gasteiger partial charge in [-0.25, -0.2) is 9.97 Å². The van der Waals surface area contributed by atoms with Crippen molar-refractivity contribution in [2.45, 2.75) is 25.8 Å². The standard InChI is InChI=1S/C10H14BrN3S/c1-7-12-9(11)6-10(13-7)14-8-2-4-15-5-3-8/h6,8H,2-5H2,1H3,(H,12,13,14). The molecule has 1 aromatic heterocycles. The number of anilines is 1. The van der Waals surface area contributed by atoms with Gasteiger partial charge in [0.05, 0.1) is 0 Å². The fourth-order valence-electron chi connectivity index (χ4n) is 1.66. The lowest BCUT2D eigenvalue weighted by Gasteiger charge is -2.23. The minimum atomic E-state index is 0.576. The van der Waals surface area contributed by atoms with Gasteiger partial charge in [0.1, 0.15) is 16.2 Å². The molecule has 2 heterocycles. The molecule has 3 nitrogen and oxygen atoms in total. The Morgan fingerprint density at radius 3 is 2.80 bits per heavy atom. The summed E-state index contributed by atoms with van der Waals surface area (Å²) in [5.74, 6) is 4.24. The van der Waals surface area contributed by atoms with Crippen LogP contribution >= 0.6 is 27.7 Å². The molecule has 0 saturated carbocycles. The van der Waals surface area contributed by atoms with E-state index in [4.69, 9.17) is 0 Å². The quantitative estimate of drug-likeness (QED) is 0.849. The molecule has 15 heavy (non-hydrogen) atoms. The molecule has 1 N–H and O–H groups in total. The molecule has 5 heteroatoms. The Hall–Kier alpha value is -0.290. The minimum absolute atomic E-state index is 0.576. The summed E-state index contributed by atoms with van der Waals surface area (Å²) in [4.78, 5) is 8.56. The molecule has 0 radical (unpaired) electrons. The highest BCUT2D eigenvalue weighted by Crippen LogP contribution is 2.21. The van der Waals surface area contributed by atoms with E-state index in [2.05, 4.69) is 31.2 Å². The maximum Gasteiger partial charge on any atom is 0.131 e. The van der Waals surface area contributed by atoms with E-state index in [1.54, 1.807) is 0 Å². The minimum Gasteiger partial charge on any atom is -0.367 e. The molecule has 1 saturated heterocycles. The van der Waals surface area contributed by atoms with E-state index >= 15 is 0 Å². The van der Waals surface area contributed by atoms with E-state index in [9.17, 15) is 0 Å². The van der Waals surface area contributed by atoms with E-state index in [-0.39, 0.29) is 0 Å². The van der Waals surface area contributed by atoms with Gasteiger partial charge in [0, 0.05) is 12.1 Å². The molecule has 0 unspecified atom stereocenters. The summed E-state index contributed by atoms with van der Waals surface area (Å²) in [6.45, 7) is 1.91. The van der Waals surface area contributed by atoms with Crippen LogP contribution in [0.25, 0.3) is 0 Å². The molecule has 0 aliphatic carbocycles. The van der Waals surface area contributed by atoms with E-state index in [1.165, 1.54) is 24.3 Å². The lowest BCUT2D eigenvalue weighted by molar-refractivity contribution is 0.662. The summed E-state index contributed by atoms with van der Waals surface area (Å²) in [5.41, 5.74) is 0. The predicted octanol–water partition coefficient (Wildman–Crippen LogP) is 2.86. The Labute approximate surface area is 103 Å². The highest BCUT2D eigenvalue weighted by molar-refractivity contribution is 9.10. The first-order chi connectivity index (χ1) is 7.24. The van der Waals surface area contributed by atoms with E-state index in [0.29, 0.717) is 6.04 Å². The molecule has 82 valence electrons. The van der Waals surface area contributed by atoms with Gasteiger partial charge in [-0.1, -0.05) is 0 Å². The van der Waals surface area contributed by atoms with Gasteiger partial charge in [0.2, 0.25) is 0 Å². The van der Waals surface area contributed by atoms with Crippen molar-refractivity contribution in [1.29, 1.82) is 0 Å². The van der Waals surface area contributed by atoms with Crippen LogP contribution in [0.2, 0.25) is 0 Å². The average molecular weight is 288 g/mol. The second kappa shape index (κ2) is 5.16. The first-order valence-corrected chi connectivity index (χ1v) is 7.04. The van der Waals surface area contributed by atoms with Gasteiger partial charge in [-0.2, -0.15) is 11.8 Å². The Balaban J connectivity index is 2.02. The van der Waals surface area contributed by atoms with Gasteiger partial charge in [-0.15, -0.1) is 0 Å². The van der Waals surface area contributed by atoms with Crippen LogP contribution in [-0.2, 0) is 0 Å². The first kappa shape index (κ1) is 11.2. The number of thioether (sulfide) groups is 1. The number of hydrogen-bond acceptors (Lipinski definition) is 4. The third-order valence-corrected chi connectivity index (χ3v) is 3.83. The van der Waals surface area contributed by atoms with Crippen LogP contribution in [0.4, 0.5) is 5.82 Å². The fourth-order valence-corrected chi connectivity index (χ4v) is 3.24. The largest absolute Gasteiger partial charge is 0.367 e. The monoisotopic (exact) mass is 287 g/mol. The molecule has 0 spiro atoms. The van der Waals surface area contributed by atoms with Crippen LogP contribution < -0.4 is 5.32 Å². The molecule has 0 aromatic carbocycles. The van der Waals surface area contributed by atoms with Gasteiger partial charge >= 0.3 is 0 Å². The third kappa shape index (κ3) is 3.34. The van der Waals surface area contributed by atoms with Crippen LogP contribution in [0.1, 0.15) is 18.7 Å². The summed E-state index contributed by atoms with van der Waals surface area (Å²) < 4.78 is 0.850. The molecular formula is C10H14BrN3S. The highest BCUT2D eigenvalue weighted by atomic mass is 79.9. The van der Waals surface area contributed by atoms with Gasteiger partial charge in [0.15, 0.2) is 0 Å². The number of rotatable bonds is 2. The van der Waals surface area contributed by atoms with Crippen molar-refractivity contribution < 1.29 is 0 Å². The predicted molar refractivity (Wildman–Crippen MR) is 68.4 cm³/mol. The summed E-state index contributed by atoms with van der Waals surface area (Å²) in [5, 5.41) is 3.47. The topological polar surface area (TPSA) is 37.8 Å². The summed E-state index contributed by atoms with van der Waals surface area (Å²) in [6.07, 6.45) is 2.46. The van der Waals surface area contributed by atoms with Crippen LogP contribution in [0.3, 0.4) is 0 Å². The van der Waals surface area contributed by atoms with Crippen LogP contribution in [-0.4, -0.2) is 27.5 Å². The van der Waals surface area contributed by atoms with Crippen molar-refractivity contribution in [2.75, 3.05) is 16.8 Å². The molecule has 1 fully saturated rings. The Morgan fingerprint density at radius 2 is 2.13 bits per heavy atom. The lowest BCUT2D eigenvalue weighted by atomic mass is 10.1. The van der Waals surface area contributed by atoms with Crippen molar-refractivity contribution in [1.82, 2.24) is 9.97 Å². The molecule has 0 amide bonds. The van der Waals surface area contributed by atoms with Crippen LogP contribution in [0.15, 0.2) is 10.7 Å². The van der Waals surface area contributed by atoms with Crippen molar-refractivity contribution in [2.24, 2.45) is 0 Å². The smallest absolute Gasteiger partial charge is 0.131 e. The zero-order valence-corrected chi connectivity index (χ0v) is 11.1. The lowest BCUT2D eigenvalue weighted by Crippen LogP contribution is -2.25. The SMILES string of the molecule is Cc1nc(Br)cc(NC2CCSCC2)n1. The van der Waals surface area contributed by atoms with Crippen LogP contribution in [0.5, 0.6) is 0 Å². The summed E-state index contributed by atoms with van der Waals surface area (Å²) in [6, 6.07) is 2.52. The van der Waals surface area contributed by atoms with Gasteiger partial charge in [-0.3, -0.25) is 0 Å². The molecule has 0 atom stereocenters. The van der Waals surface area contributed by atoms with Crippen molar-refractivity contribution in [3.8, 4) is 0 Å². The van der Waals surface area contributed by atoms with Crippen molar-refractivity contribution in [3.63, 3.8) is 0 Å². The van der Waals surface area contributed by atoms with Gasteiger partial charge < -0.3 is 5.32 Å². The van der Waals surface area contributed by atoms with Crippen molar-refractivity contribution >= 4 is 33.5 Å². The molecule has 1 aliphatic rings. The second-order valence-electron chi connectivity index (χ2n) is 3.65. The molecule has 2 rings (SSSR count). The molecule has 1 aliphatic heterocycles. The zero-order chi connectivity index (χ0) is 10.7. The first-order valence-electron chi connectivity index (χ1n) is 5.09. The summed E-state index contributed by atoms with van der Waals surface area (Å²) in [7, 11) is 0. The van der Waals surface area contributed by atoms with E-state index < -0.39 is 0 Å². The Bertz CT molecular complexity index is 319. The zero-order valence-electron chi connectivity index (χ0n) is 8.66. The number of nitrogens with zero attached hydrogens (tertiary/aromatic N) is 2. The maximum absolute atomic E-state index is 4.37. The van der Waals surface area contributed by atoms with Gasteiger partial charge in [-0.05, 0) is 47.2 Å². The highest BCUT2D eigenvalue weighted by Gasteiger charge is 2.14. The fraction of sp³-hybridized carbons (Fsp3) is 0.600. The number of hydrogen-bond donors (Lipinski definition) is 1. The normalized spacial score (nSPS) is 17.7. The number of aryl methyl sites for hydroxylation is 1. The molecule has 0 bridgehead atoms. The molecule has 1 aromatic rings. The van der Waals surface area contributed by atoms with Crippen LogP contribution in [0, 0.1) is 6.92 Å². The number of halogens is 1. The second-order valence-corrected chi connectivity index (χ2v) is 5.69. The average Bonchev–Trinajstić information content (AvgIpc) is 2.17. The Kier molecular flexibility index (Phi) is 3.86. The Morgan fingerprint density at radius 1 is 1.40 bits per heavy atom. The maximum atomic E-state index is 4.37. The van der Waals surface area contributed by atoms with Crippen molar-refractivity contribution in [3.05, 3.63) is 16.5 Å². The van der Waals surface area contributed by atoms with E-state index in [1.807, 2.05) is 24.8 Å².